The van der Waals surface area contributed by atoms with E-state index in [2.05, 4.69) is 55.3 Å². The maximum atomic E-state index is 9.40. The van der Waals surface area contributed by atoms with Gasteiger partial charge < -0.3 is 15.3 Å². The van der Waals surface area contributed by atoms with Gasteiger partial charge in [0.1, 0.15) is 0 Å². The van der Waals surface area contributed by atoms with Crippen molar-refractivity contribution in [3.8, 4) is 0 Å². The first-order valence-electron chi connectivity index (χ1n) is 6.66. The van der Waals surface area contributed by atoms with Crippen LogP contribution in [-0.4, -0.2) is 37.4 Å². The van der Waals surface area contributed by atoms with E-state index >= 15 is 0 Å². The first kappa shape index (κ1) is 15.0. The van der Waals surface area contributed by atoms with Gasteiger partial charge in [-0.15, -0.1) is 0 Å². The molecule has 0 aliphatic carbocycles. The number of rotatable bonds is 7. The van der Waals surface area contributed by atoms with Crippen molar-refractivity contribution >= 4 is 5.69 Å². The number of aryl methyl sites for hydroxylation is 1. The van der Waals surface area contributed by atoms with E-state index in [0.717, 1.165) is 19.5 Å². The highest BCUT2D eigenvalue weighted by atomic mass is 16.3. The molecule has 1 rings (SSSR count). The van der Waals surface area contributed by atoms with Crippen LogP contribution in [0.3, 0.4) is 0 Å². The smallest absolute Gasteiger partial charge is 0.0611 e. The molecule has 102 valence electrons. The molecule has 0 aliphatic heterocycles. The average Bonchev–Trinajstić information content (AvgIpc) is 2.39. The molecule has 0 radical (unpaired) electrons. The molecule has 0 fully saturated rings. The maximum absolute atomic E-state index is 9.40. The summed E-state index contributed by atoms with van der Waals surface area (Å²) in [7, 11) is 1.90. The van der Waals surface area contributed by atoms with E-state index in [-0.39, 0.29) is 12.1 Å². The molecular weight excluding hydrogens is 224 g/mol. The zero-order valence-electron chi connectivity index (χ0n) is 12.0. The molecule has 0 amide bonds. The Morgan fingerprint density at radius 2 is 2.11 bits per heavy atom. The summed E-state index contributed by atoms with van der Waals surface area (Å²) in [6, 6.07) is 8.56. The summed E-state index contributed by atoms with van der Waals surface area (Å²) in [5.74, 6) is 0. The van der Waals surface area contributed by atoms with Crippen LogP contribution in [0.25, 0.3) is 0 Å². The molecule has 0 aliphatic rings. The third kappa shape index (κ3) is 4.00. The van der Waals surface area contributed by atoms with E-state index in [1.807, 2.05) is 7.05 Å². The predicted octanol–water partition coefficient (Wildman–Crippen LogP) is 2.18. The Labute approximate surface area is 111 Å². The Balaban J connectivity index is 2.68. The number of likely N-dealkylation sites (N-methyl/N-ethyl adjacent to an activating group) is 1. The van der Waals surface area contributed by atoms with Crippen LogP contribution in [0.2, 0.25) is 0 Å². The van der Waals surface area contributed by atoms with E-state index in [4.69, 9.17) is 0 Å². The number of aliphatic hydroxyl groups is 1. The van der Waals surface area contributed by atoms with E-state index in [0.29, 0.717) is 0 Å². The van der Waals surface area contributed by atoms with Crippen LogP contribution in [-0.2, 0) is 0 Å². The summed E-state index contributed by atoms with van der Waals surface area (Å²) in [6.07, 6.45) is 0.918. The minimum absolute atomic E-state index is 0.162. The standard InChI is InChI=1S/C15H26N2O/c1-5-17(10-9-15(3,12-18)16-4)14-8-6-7-13(2)11-14/h6-8,11,16,18H,5,9-10,12H2,1-4H3. The van der Waals surface area contributed by atoms with Crippen LogP contribution in [0.4, 0.5) is 5.69 Å². The lowest BCUT2D eigenvalue weighted by Gasteiger charge is -2.31. The Hall–Kier alpha value is -1.06. The second kappa shape index (κ2) is 6.76. The molecule has 1 unspecified atom stereocenters. The lowest BCUT2D eigenvalue weighted by atomic mass is 9.99. The Morgan fingerprint density at radius 1 is 1.39 bits per heavy atom. The van der Waals surface area contributed by atoms with Gasteiger partial charge in [-0.3, -0.25) is 0 Å². The zero-order valence-corrected chi connectivity index (χ0v) is 12.0. The summed E-state index contributed by atoms with van der Waals surface area (Å²) < 4.78 is 0. The van der Waals surface area contributed by atoms with Gasteiger partial charge in [0.2, 0.25) is 0 Å². The Bertz CT molecular complexity index is 361. The van der Waals surface area contributed by atoms with Crippen molar-refractivity contribution in [2.24, 2.45) is 0 Å². The van der Waals surface area contributed by atoms with Crippen molar-refractivity contribution in [2.45, 2.75) is 32.7 Å². The molecule has 0 heterocycles. The Kier molecular flexibility index (Phi) is 5.63. The van der Waals surface area contributed by atoms with Crippen LogP contribution < -0.4 is 10.2 Å². The third-order valence-electron chi connectivity index (χ3n) is 3.63. The highest BCUT2D eigenvalue weighted by Gasteiger charge is 2.21. The van der Waals surface area contributed by atoms with Gasteiger partial charge in [-0.25, -0.2) is 0 Å². The molecule has 0 saturated heterocycles. The van der Waals surface area contributed by atoms with E-state index in [9.17, 15) is 5.11 Å². The fourth-order valence-corrected chi connectivity index (χ4v) is 1.96. The third-order valence-corrected chi connectivity index (χ3v) is 3.63. The normalized spacial score (nSPS) is 14.3. The topological polar surface area (TPSA) is 35.5 Å². The molecule has 18 heavy (non-hydrogen) atoms. The number of nitrogens with zero attached hydrogens (tertiary/aromatic N) is 1. The molecule has 1 atom stereocenters. The molecule has 0 aromatic heterocycles. The van der Waals surface area contributed by atoms with Crippen molar-refractivity contribution in [3.05, 3.63) is 29.8 Å². The van der Waals surface area contributed by atoms with Crippen molar-refractivity contribution in [2.75, 3.05) is 31.6 Å². The molecule has 2 N–H and O–H groups in total. The number of anilines is 1. The number of hydrogen-bond acceptors (Lipinski definition) is 3. The van der Waals surface area contributed by atoms with Gasteiger partial charge in [0, 0.05) is 24.3 Å². The Morgan fingerprint density at radius 3 is 2.61 bits per heavy atom. The van der Waals surface area contributed by atoms with Crippen LogP contribution in [0, 0.1) is 6.92 Å². The van der Waals surface area contributed by atoms with Crippen LogP contribution in [0.1, 0.15) is 25.8 Å². The van der Waals surface area contributed by atoms with Gasteiger partial charge in [-0.1, -0.05) is 12.1 Å². The second-order valence-electron chi connectivity index (χ2n) is 5.14. The summed E-state index contributed by atoms with van der Waals surface area (Å²) in [5, 5.41) is 12.6. The van der Waals surface area contributed by atoms with Gasteiger partial charge in [0.25, 0.3) is 0 Å². The number of hydrogen-bond donors (Lipinski definition) is 2. The van der Waals surface area contributed by atoms with Crippen molar-refractivity contribution in [3.63, 3.8) is 0 Å². The number of nitrogens with one attached hydrogen (secondary N) is 1. The zero-order chi connectivity index (χ0) is 13.6. The average molecular weight is 250 g/mol. The fraction of sp³-hybridized carbons (Fsp3) is 0.600. The molecule has 0 saturated carbocycles. The van der Waals surface area contributed by atoms with Gasteiger partial charge >= 0.3 is 0 Å². The van der Waals surface area contributed by atoms with Gasteiger partial charge in [-0.05, 0) is 51.9 Å². The first-order valence-corrected chi connectivity index (χ1v) is 6.66. The van der Waals surface area contributed by atoms with Gasteiger partial charge in [0.15, 0.2) is 0 Å². The fourth-order valence-electron chi connectivity index (χ4n) is 1.96. The van der Waals surface area contributed by atoms with Crippen molar-refractivity contribution in [1.82, 2.24) is 5.32 Å². The highest BCUT2D eigenvalue weighted by molar-refractivity contribution is 5.48. The monoisotopic (exact) mass is 250 g/mol. The molecule has 3 nitrogen and oxygen atoms in total. The van der Waals surface area contributed by atoms with E-state index in [1.54, 1.807) is 0 Å². The molecule has 3 heteroatoms. The minimum Gasteiger partial charge on any atom is -0.394 e. The number of aliphatic hydroxyl groups excluding tert-OH is 1. The quantitative estimate of drug-likeness (QED) is 0.778. The van der Waals surface area contributed by atoms with E-state index in [1.165, 1.54) is 11.3 Å². The lowest BCUT2D eigenvalue weighted by Crippen LogP contribution is -2.46. The molecule has 1 aromatic carbocycles. The predicted molar refractivity (Wildman–Crippen MR) is 78.2 cm³/mol. The lowest BCUT2D eigenvalue weighted by molar-refractivity contribution is 0.175. The largest absolute Gasteiger partial charge is 0.394 e. The number of benzene rings is 1. The van der Waals surface area contributed by atoms with Gasteiger partial charge in [-0.2, -0.15) is 0 Å². The highest BCUT2D eigenvalue weighted by Crippen LogP contribution is 2.18. The maximum Gasteiger partial charge on any atom is 0.0611 e. The summed E-state index contributed by atoms with van der Waals surface area (Å²) >= 11 is 0. The van der Waals surface area contributed by atoms with Crippen molar-refractivity contribution in [1.29, 1.82) is 0 Å². The van der Waals surface area contributed by atoms with Crippen molar-refractivity contribution < 1.29 is 5.11 Å². The molecule has 1 aromatic rings. The minimum atomic E-state index is -0.197. The van der Waals surface area contributed by atoms with Crippen LogP contribution >= 0.6 is 0 Å². The molecule has 0 bridgehead atoms. The van der Waals surface area contributed by atoms with Crippen LogP contribution in [0.5, 0.6) is 0 Å². The summed E-state index contributed by atoms with van der Waals surface area (Å²) in [5.41, 5.74) is 2.34. The molecule has 0 spiro atoms. The first-order chi connectivity index (χ1) is 8.54. The molecular formula is C15H26N2O. The van der Waals surface area contributed by atoms with Crippen LogP contribution in [0.15, 0.2) is 24.3 Å². The second-order valence-corrected chi connectivity index (χ2v) is 5.14. The van der Waals surface area contributed by atoms with Gasteiger partial charge in [0.05, 0.1) is 6.61 Å². The SMILES string of the molecule is CCN(CCC(C)(CO)NC)c1cccc(C)c1. The summed E-state index contributed by atoms with van der Waals surface area (Å²) in [4.78, 5) is 2.35. The summed E-state index contributed by atoms with van der Waals surface area (Å²) in [6.45, 7) is 8.42. The van der Waals surface area contributed by atoms with E-state index < -0.39 is 0 Å².